The Balaban J connectivity index is 2.76. The van der Waals surface area contributed by atoms with E-state index in [-0.39, 0.29) is 11.3 Å². The second-order valence-electron chi connectivity index (χ2n) is 2.66. The number of benzene rings is 1. The number of ether oxygens (including phenoxy) is 1. The molecule has 0 N–H and O–H groups in total. The molecule has 0 saturated carbocycles. The van der Waals surface area contributed by atoms with Crippen LogP contribution >= 0.6 is 15.9 Å². The summed E-state index contributed by atoms with van der Waals surface area (Å²) in [6, 6.07) is 5.89. The van der Waals surface area contributed by atoms with Crippen LogP contribution in [0.15, 0.2) is 22.7 Å². The molecule has 2 nitrogen and oxygen atoms in total. The number of halogens is 4. The molecule has 15 heavy (non-hydrogen) atoms. The van der Waals surface area contributed by atoms with Crippen LogP contribution in [-0.2, 0) is 0 Å². The Morgan fingerprint density at radius 3 is 2.60 bits per heavy atom. The highest BCUT2D eigenvalue weighted by Gasteiger charge is 2.28. The average Bonchev–Trinajstić information content (AvgIpc) is 2.15. The highest BCUT2D eigenvalue weighted by Crippen LogP contribution is 2.23. The first kappa shape index (κ1) is 11.9. The SMILES string of the molecule is N#Cc1cc(OCC(F)(F)F)ccc1Br. The normalized spacial score (nSPS) is 10.9. The summed E-state index contributed by atoms with van der Waals surface area (Å²) in [6.07, 6.45) is -4.38. The van der Waals surface area contributed by atoms with E-state index in [0.717, 1.165) is 0 Å². The highest BCUT2D eigenvalue weighted by atomic mass is 79.9. The molecule has 0 aromatic heterocycles. The van der Waals surface area contributed by atoms with Crippen LogP contribution in [0.2, 0.25) is 0 Å². The summed E-state index contributed by atoms with van der Waals surface area (Å²) in [5, 5.41) is 8.61. The van der Waals surface area contributed by atoms with Gasteiger partial charge in [-0.25, -0.2) is 0 Å². The van der Waals surface area contributed by atoms with Gasteiger partial charge in [-0.05, 0) is 34.1 Å². The number of nitrogens with zero attached hydrogens (tertiary/aromatic N) is 1. The number of nitriles is 1. The first-order chi connectivity index (χ1) is 6.92. The van der Waals surface area contributed by atoms with Crippen molar-refractivity contribution in [3.8, 4) is 11.8 Å². The molecule has 0 spiro atoms. The summed E-state index contributed by atoms with van der Waals surface area (Å²) in [4.78, 5) is 0. The van der Waals surface area contributed by atoms with Gasteiger partial charge in [0.2, 0.25) is 0 Å². The van der Waals surface area contributed by atoms with Gasteiger partial charge in [-0.2, -0.15) is 18.4 Å². The van der Waals surface area contributed by atoms with Crippen LogP contribution in [0.1, 0.15) is 5.56 Å². The minimum Gasteiger partial charge on any atom is -0.484 e. The molecule has 6 heteroatoms. The number of rotatable bonds is 2. The van der Waals surface area contributed by atoms with E-state index in [0.29, 0.717) is 4.47 Å². The molecule has 1 aromatic carbocycles. The zero-order valence-corrected chi connectivity index (χ0v) is 8.89. The summed E-state index contributed by atoms with van der Waals surface area (Å²) >= 11 is 3.08. The van der Waals surface area contributed by atoms with Crippen molar-refractivity contribution in [1.82, 2.24) is 0 Å². The van der Waals surface area contributed by atoms with Crippen LogP contribution in [0, 0.1) is 11.3 Å². The lowest BCUT2D eigenvalue weighted by Crippen LogP contribution is -2.19. The molecular formula is C9H5BrF3NO. The van der Waals surface area contributed by atoms with E-state index in [2.05, 4.69) is 20.7 Å². The molecule has 0 bridgehead atoms. The Kier molecular flexibility index (Phi) is 3.58. The van der Waals surface area contributed by atoms with Crippen LogP contribution in [0.5, 0.6) is 5.75 Å². The fourth-order valence-corrected chi connectivity index (χ4v) is 1.18. The van der Waals surface area contributed by atoms with Crippen LogP contribution < -0.4 is 4.74 Å². The van der Waals surface area contributed by atoms with Gasteiger partial charge in [0, 0.05) is 4.47 Å². The molecule has 0 aliphatic rings. The minimum atomic E-state index is -4.38. The van der Waals surface area contributed by atoms with E-state index in [1.165, 1.54) is 18.2 Å². The van der Waals surface area contributed by atoms with Crippen molar-refractivity contribution in [2.24, 2.45) is 0 Å². The maximum absolute atomic E-state index is 11.8. The first-order valence-corrected chi connectivity index (χ1v) is 4.61. The molecular weight excluding hydrogens is 275 g/mol. The Hall–Kier alpha value is -1.22. The Labute approximate surface area is 92.4 Å². The van der Waals surface area contributed by atoms with E-state index in [1.807, 2.05) is 6.07 Å². The predicted molar refractivity (Wildman–Crippen MR) is 50.4 cm³/mol. The van der Waals surface area contributed by atoms with Gasteiger partial charge < -0.3 is 4.74 Å². The third kappa shape index (κ3) is 3.80. The zero-order chi connectivity index (χ0) is 11.5. The topological polar surface area (TPSA) is 33.0 Å². The van der Waals surface area contributed by atoms with E-state index >= 15 is 0 Å². The largest absolute Gasteiger partial charge is 0.484 e. The maximum atomic E-state index is 11.8. The Morgan fingerprint density at radius 2 is 2.07 bits per heavy atom. The Bertz CT molecular complexity index is 397. The van der Waals surface area contributed by atoms with Gasteiger partial charge in [0.15, 0.2) is 6.61 Å². The molecule has 1 rings (SSSR count). The second-order valence-corrected chi connectivity index (χ2v) is 3.51. The van der Waals surface area contributed by atoms with Crippen molar-refractivity contribution < 1.29 is 17.9 Å². The van der Waals surface area contributed by atoms with Gasteiger partial charge in [0.25, 0.3) is 0 Å². The lowest BCUT2D eigenvalue weighted by Gasteiger charge is -2.09. The molecule has 0 amide bonds. The molecule has 0 fully saturated rings. The highest BCUT2D eigenvalue weighted by molar-refractivity contribution is 9.10. The van der Waals surface area contributed by atoms with Gasteiger partial charge in [0.05, 0.1) is 5.56 Å². The van der Waals surface area contributed by atoms with Crippen LogP contribution in [0.3, 0.4) is 0 Å². The van der Waals surface area contributed by atoms with Gasteiger partial charge in [0.1, 0.15) is 11.8 Å². The fraction of sp³-hybridized carbons (Fsp3) is 0.222. The van der Waals surface area contributed by atoms with E-state index in [1.54, 1.807) is 0 Å². The number of hydrogen-bond acceptors (Lipinski definition) is 2. The van der Waals surface area contributed by atoms with Crippen molar-refractivity contribution in [2.75, 3.05) is 6.61 Å². The van der Waals surface area contributed by atoms with Crippen molar-refractivity contribution in [3.05, 3.63) is 28.2 Å². The Morgan fingerprint density at radius 1 is 1.40 bits per heavy atom. The fourth-order valence-electron chi connectivity index (χ4n) is 0.845. The molecule has 0 unspecified atom stereocenters. The standard InChI is InChI=1S/C9H5BrF3NO/c10-8-2-1-7(3-6(8)4-14)15-5-9(11,12)13/h1-3H,5H2. The molecule has 1 aromatic rings. The van der Waals surface area contributed by atoms with Gasteiger partial charge in [-0.1, -0.05) is 0 Å². The third-order valence-corrected chi connectivity index (χ3v) is 2.15. The molecule has 0 aliphatic heterocycles. The first-order valence-electron chi connectivity index (χ1n) is 3.81. The van der Waals surface area contributed by atoms with Crippen LogP contribution in [0.25, 0.3) is 0 Å². The summed E-state index contributed by atoms with van der Waals surface area (Å²) in [6.45, 7) is -1.36. The summed E-state index contributed by atoms with van der Waals surface area (Å²) in [7, 11) is 0. The lowest BCUT2D eigenvalue weighted by molar-refractivity contribution is -0.153. The van der Waals surface area contributed by atoms with Crippen molar-refractivity contribution in [3.63, 3.8) is 0 Å². The molecule has 80 valence electrons. The zero-order valence-electron chi connectivity index (χ0n) is 7.31. The van der Waals surface area contributed by atoms with Gasteiger partial charge >= 0.3 is 6.18 Å². The van der Waals surface area contributed by atoms with E-state index < -0.39 is 12.8 Å². The minimum absolute atomic E-state index is 0.0204. The van der Waals surface area contributed by atoms with E-state index in [9.17, 15) is 13.2 Å². The van der Waals surface area contributed by atoms with Crippen molar-refractivity contribution in [1.29, 1.82) is 5.26 Å². The molecule has 0 saturated heterocycles. The average molecular weight is 280 g/mol. The van der Waals surface area contributed by atoms with Gasteiger partial charge in [-0.15, -0.1) is 0 Å². The molecule has 0 atom stereocenters. The number of hydrogen-bond donors (Lipinski definition) is 0. The maximum Gasteiger partial charge on any atom is 0.422 e. The molecule has 0 aliphatic carbocycles. The summed E-state index contributed by atoms with van der Waals surface area (Å²) in [5.74, 6) is 0.0204. The summed E-state index contributed by atoms with van der Waals surface area (Å²) < 4.78 is 40.4. The smallest absolute Gasteiger partial charge is 0.422 e. The van der Waals surface area contributed by atoms with Crippen molar-refractivity contribution in [2.45, 2.75) is 6.18 Å². The van der Waals surface area contributed by atoms with E-state index in [4.69, 9.17) is 5.26 Å². The van der Waals surface area contributed by atoms with Crippen LogP contribution in [-0.4, -0.2) is 12.8 Å². The van der Waals surface area contributed by atoms with Crippen molar-refractivity contribution >= 4 is 15.9 Å². The van der Waals surface area contributed by atoms with Crippen LogP contribution in [0.4, 0.5) is 13.2 Å². The quantitative estimate of drug-likeness (QED) is 0.833. The van der Waals surface area contributed by atoms with Gasteiger partial charge in [-0.3, -0.25) is 0 Å². The lowest BCUT2D eigenvalue weighted by atomic mass is 10.2. The monoisotopic (exact) mass is 279 g/mol. The molecule has 0 radical (unpaired) electrons. The predicted octanol–water partition coefficient (Wildman–Crippen LogP) is 3.26. The third-order valence-electron chi connectivity index (χ3n) is 1.46. The second kappa shape index (κ2) is 4.53. The summed E-state index contributed by atoms with van der Waals surface area (Å²) in [5.41, 5.74) is 0.231. The number of alkyl halides is 3. The molecule has 0 heterocycles.